The lowest BCUT2D eigenvalue weighted by molar-refractivity contribution is -0.123. The third-order valence-corrected chi connectivity index (χ3v) is 4.02. The zero-order chi connectivity index (χ0) is 17.6. The van der Waals surface area contributed by atoms with E-state index in [1.807, 2.05) is 31.3 Å². The van der Waals surface area contributed by atoms with Gasteiger partial charge in [0, 0.05) is 37.1 Å². The van der Waals surface area contributed by atoms with Crippen molar-refractivity contribution in [2.75, 3.05) is 18.1 Å². The Kier molecular flexibility index (Phi) is 5.33. The van der Waals surface area contributed by atoms with E-state index in [9.17, 15) is 9.59 Å². The zero-order valence-electron chi connectivity index (χ0n) is 14.2. The normalized spacial score (nSPS) is 15.2. The summed E-state index contributed by atoms with van der Waals surface area (Å²) in [5.41, 5.74) is 0.868. The quantitative estimate of drug-likeness (QED) is 0.829. The van der Waals surface area contributed by atoms with Gasteiger partial charge in [-0.3, -0.25) is 14.3 Å². The van der Waals surface area contributed by atoms with E-state index in [0.717, 1.165) is 18.7 Å². The third kappa shape index (κ3) is 4.59. The van der Waals surface area contributed by atoms with Gasteiger partial charge in [-0.1, -0.05) is 0 Å². The molecule has 1 N–H and O–H groups in total. The summed E-state index contributed by atoms with van der Waals surface area (Å²) >= 11 is 0. The second-order valence-electron chi connectivity index (χ2n) is 6.13. The summed E-state index contributed by atoms with van der Waals surface area (Å²) in [6, 6.07) is 9.05. The molecule has 25 heavy (non-hydrogen) atoms. The molecular weight excluding hydrogens is 320 g/mol. The van der Waals surface area contributed by atoms with Crippen molar-refractivity contribution < 1.29 is 14.3 Å². The highest BCUT2D eigenvalue weighted by atomic mass is 16.5. The van der Waals surface area contributed by atoms with Gasteiger partial charge in [-0.15, -0.1) is 0 Å². The number of amides is 2. The predicted molar refractivity (Wildman–Crippen MR) is 93.4 cm³/mol. The van der Waals surface area contributed by atoms with Gasteiger partial charge in [-0.25, -0.2) is 0 Å². The number of hydrogen-bond acceptors (Lipinski definition) is 4. The standard InChI is InChI=1S/C18H22N4O3/c1-14(12-21-10-3-9-19-21)20-17(23)13-25-16-7-5-15(6-8-16)22-11-2-4-18(22)24/h3,5-10,14H,2,4,11-13H2,1H3,(H,20,23). The van der Waals surface area contributed by atoms with Crippen LogP contribution in [-0.4, -0.2) is 40.8 Å². The van der Waals surface area contributed by atoms with Gasteiger partial charge in [0.05, 0.1) is 6.54 Å². The molecule has 3 rings (SSSR count). The number of hydrogen-bond donors (Lipinski definition) is 1. The lowest BCUT2D eigenvalue weighted by Gasteiger charge is -2.16. The molecule has 0 spiro atoms. The van der Waals surface area contributed by atoms with E-state index < -0.39 is 0 Å². The second-order valence-corrected chi connectivity index (χ2v) is 6.13. The summed E-state index contributed by atoms with van der Waals surface area (Å²) in [4.78, 5) is 25.5. The molecule has 1 unspecified atom stereocenters. The minimum atomic E-state index is -0.182. The number of rotatable bonds is 7. The second kappa shape index (κ2) is 7.83. The van der Waals surface area contributed by atoms with Crippen LogP contribution < -0.4 is 15.0 Å². The van der Waals surface area contributed by atoms with E-state index in [-0.39, 0.29) is 24.5 Å². The van der Waals surface area contributed by atoms with Crippen molar-refractivity contribution in [2.24, 2.45) is 0 Å². The van der Waals surface area contributed by atoms with Crippen LogP contribution in [0.5, 0.6) is 5.75 Å². The molecule has 1 saturated heterocycles. The SMILES string of the molecule is CC(Cn1cccn1)NC(=O)COc1ccc(N2CCCC2=O)cc1. The lowest BCUT2D eigenvalue weighted by Crippen LogP contribution is -2.38. The molecular formula is C18H22N4O3. The summed E-state index contributed by atoms with van der Waals surface area (Å²) < 4.78 is 7.28. The Hall–Kier alpha value is -2.83. The Morgan fingerprint density at radius 3 is 2.80 bits per heavy atom. The van der Waals surface area contributed by atoms with Crippen LogP contribution in [0.25, 0.3) is 0 Å². The van der Waals surface area contributed by atoms with E-state index >= 15 is 0 Å². The Labute approximate surface area is 146 Å². The van der Waals surface area contributed by atoms with Crippen LogP contribution in [0.3, 0.4) is 0 Å². The molecule has 1 atom stereocenters. The summed E-state index contributed by atoms with van der Waals surface area (Å²) in [6.07, 6.45) is 5.06. The molecule has 132 valence electrons. The van der Waals surface area contributed by atoms with E-state index in [2.05, 4.69) is 10.4 Å². The van der Waals surface area contributed by atoms with E-state index in [4.69, 9.17) is 4.74 Å². The van der Waals surface area contributed by atoms with Crippen LogP contribution in [0.15, 0.2) is 42.7 Å². The smallest absolute Gasteiger partial charge is 0.258 e. The molecule has 7 heteroatoms. The molecule has 1 fully saturated rings. The van der Waals surface area contributed by atoms with Crippen molar-refractivity contribution in [3.8, 4) is 5.75 Å². The zero-order valence-corrected chi connectivity index (χ0v) is 14.2. The molecule has 0 aliphatic carbocycles. The van der Waals surface area contributed by atoms with Crippen LogP contribution in [0.2, 0.25) is 0 Å². The van der Waals surface area contributed by atoms with Gasteiger partial charge < -0.3 is 15.0 Å². The molecule has 2 heterocycles. The molecule has 2 amide bonds. The molecule has 1 aliphatic heterocycles. The highest BCUT2D eigenvalue weighted by Gasteiger charge is 2.21. The Morgan fingerprint density at radius 2 is 2.16 bits per heavy atom. The molecule has 1 aromatic carbocycles. The lowest BCUT2D eigenvalue weighted by atomic mass is 10.3. The van der Waals surface area contributed by atoms with E-state index in [1.165, 1.54) is 0 Å². The van der Waals surface area contributed by atoms with Crippen LogP contribution in [0.1, 0.15) is 19.8 Å². The molecule has 0 bridgehead atoms. The maximum Gasteiger partial charge on any atom is 0.258 e. The number of anilines is 1. The van der Waals surface area contributed by atoms with Crippen LogP contribution in [-0.2, 0) is 16.1 Å². The highest BCUT2D eigenvalue weighted by Crippen LogP contribution is 2.23. The first-order valence-electron chi connectivity index (χ1n) is 8.42. The summed E-state index contributed by atoms with van der Waals surface area (Å²) in [7, 11) is 0. The first-order chi connectivity index (χ1) is 12.1. The highest BCUT2D eigenvalue weighted by molar-refractivity contribution is 5.95. The van der Waals surface area contributed by atoms with Crippen molar-refractivity contribution in [3.05, 3.63) is 42.7 Å². The maximum atomic E-state index is 12.0. The third-order valence-electron chi connectivity index (χ3n) is 4.02. The average molecular weight is 342 g/mol. The van der Waals surface area contributed by atoms with E-state index in [0.29, 0.717) is 18.7 Å². The Balaban J connectivity index is 1.44. The maximum absolute atomic E-state index is 12.0. The molecule has 0 radical (unpaired) electrons. The van der Waals surface area contributed by atoms with Crippen molar-refractivity contribution in [2.45, 2.75) is 32.4 Å². The fraction of sp³-hybridized carbons (Fsp3) is 0.389. The number of aromatic nitrogens is 2. The Morgan fingerprint density at radius 1 is 1.36 bits per heavy atom. The number of nitrogens with zero attached hydrogens (tertiary/aromatic N) is 3. The van der Waals surface area contributed by atoms with Gasteiger partial charge in [-0.2, -0.15) is 5.10 Å². The van der Waals surface area contributed by atoms with Crippen molar-refractivity contribution in [1.82, 2.24) is 15.1 Å². The number of nitrogens with one attached hydrogen (secondary N) is 1. The molecule has 1 aliphatic rings. The molecule has 7 nitrogen and oxygen atoms in total. The van der Waals surface area contributed by atoms with Gasteiger partial charge in [0.15, 0.2) is 6.61 Å². The predicted octanol–water partition coefficient (Wildman–Crippen LogP) is 1.59. The first kappa shape index (κ1) is 17.0. The van der Waals surface area contributed by atoms with E-state index in [1.54, 1.807) is 27.9 Å². The van der Waals surface area contributed by atoms with Gasteiger partial charge in [0.1, 0.15) is 5.75 Å². The topological polar surface area (TPSA) is 76.5 Å². The van der Waals surface area contributed by atoms with Gasteiger partial charge in [0.2, 0.25) is 5.91 Å². The van der Waals surface area contributed by atoms with Crippen LogP contribution in [0.4, 0.5) is 5.69 Å². The number of benzene rings is 1. The fourth-order valence-electron chi connectivity index (χ4n) is 2.84. The van der Waals surface area contributed by atoms with Crippen molar-refractivity contribution in [3.63, 3.8) is 0 Å². The largest absolute Gasteiger partial charge is 0.484 e. The molecule has 2 aromatic rings. The fourth-order valence-corrected chi connectivity index (χ4v) is 2.84. The van der Waals surface area contributed by atoms with Crippen molar-refractivity contribution >= 4 is 17.5 Å². The van der Waals surface area contributed by atoms with Gasteiger partial charge >= 0.3 is 0 Å². The van der Waals surface area contributed by atoms with Crippen LogP contribution >= 0.6 is 0 Å². The van der Waals surface area contributed by atoms with Crippen molar-refractivity contribution in [1.29, 1.82) is 0 Å². The monoisotopic (exact) mass is 342 g/mol. The Bertz CT molecular complexity index is 712. The van der Waals surface area contributed by atoms with Crippen LogP contribution in [0, 0.1) is 0 Å². The summed E-state index contributed by atoms with van der Waals surface area (Å²) in [6.45, 7) is 3.24. The summed E-state index contributed by atoms with van der Waals surface area (Å²) in [5.74, 6) is 0.572. The first-order valence-corrected chi connectivity index (χ1v) is 8.42. The minimum Gasteiger partial charge on any atom is -0.484 e. The van der Waals surface area contributed by atoms with Gasteiger partial charge in [0.25, 0.3) is 5.91 Å². The molecule has 0 saturated carbocycles. The number of ether oxygens (including phenoxy) is 1. The minimum absolute atomic E-state index is 0.0421. The number of carbonyl (C=O) groups is 2. The number of carbonyl (C=O) groups excluding carboxylic acids is 2. The molecule has 1 aromatic heterocycles. The average Bonchev–Trinajstić information content (AvgIpc) is 3.25. The van der Waals surface area contributed by atoms with Gasteiger partial charge in [-0.05, 0) is 43.7 Å². The summed E-state index contributed by atoms with van der Waals surface area (Å²) in [5, 5.41) is 6.98.